The van der Waals surface area contributed by atoms with Gasteiger partial charge in [-0.1, -0.05) is 0 Å². The van der Waals surface area contributed by atoms with E-state index >= 15 is 0 Å². The molecule has 0 aliphatic rings. The lowest BCUT2D eigenvalue weighted by molar-refractivity contribution is -0.152. The molecule has 0 radical (unpaired) electrons. The summed E-state index contributed by atoms with van der Waals surface area (Å²) in [6.45, 7) is 2.38. The lowest BCUT2D eigenvalue weighted by Crippen LogP contribution is -2.32. The van der Waals surface area contributed by atoms with Crippen molar-refractivity contribution in [1.82, 2.24) is 0 Å². The Morgan fingerprint density at radius 1 is 1.32 bits per heavy atom. The summed E-state index contributed by atoms with van der Waals surface area (Å²) in [7, 11) is 1.22. The Hall–Kier alpha value is -1.69. The van der Waals surface area contributed by atoms with Gasteiger partial charge in [0.1, 0.15) is 6.61 Å². The zero-order valence-corrected chi connectivity index (χ0v) is 11.0. The molecule has 0 aromatic heterocycles. The van der Waals surface area contributed by atoms with Crippen LogP contribution in [0, 0.1) is 17.0 Å². The molecule has 0 heterocycles. The number of esters is 1. The standard InChI is InChI=1S/C13H16F2O4/c1-13(2,12(17)18-3)7-19-11-9(14)4-8(6-16)5-10(11)15/h4-5,16H,6-7H2,1-3H3. The Morgan fingerprint density at radius 3 is 2.26 bits per heavy atom. The summed E-state index contributed by atoms with van der Waals surface area (Å²) in [5.41, 5.74) is -0.918. The third kappa shape index (κ3) is 3.64. The largest absolute Gasteiger partial charge is 0.486 e. The Bertz CT molecular complexity index is 449. The van der Waals surface area contributed by atoms with Crippen molar-refractivity contribution in [3.63, 3.8) is 0 Å². The first-order chi connectivity index (χ1) is 8.81. The highest BCUT2D eigenvalue weighted by molar-refractivity contribution is 5.75. The molecule has 1 aromatic carbocycles. The fourth-order valence-electron chi connectivity index (χ4n) is 1.43. The quantitative estimate of drug-likeness (QED) is 0.835. The van der Waals surface area contributed by atoms with Crippen LogP contribution in [0.25, 0.3) is 0 Å². The van der Waals surface area contributed by atoms with Gasteiger partial charge in [-0.25, -0.2) is 8.78 Å². The predicted molar refractivity (Wildman–Crippen MR) is 63.6 cm³/mol. The Morgan fingerprint density at radius 2 is 1.84 bits per heavy atom. The van der Waals surface area contributed by atoms with Gasteiger partial charge in [0.25, 0.3) is 0 Å². The lowest BCUT2D eigenvalue weighted by Gasteiger charge is -2.22. The Kier molecular flexibility index (Phi) is 4.83. The summed E-state index contributed by atoms with van der Waals surface area (Å²) in [5, 5.41) is 8.81. The van der Waals surface area contributed by atoms with Gasteiger partial charge in [0.05, 0.1) is 19.1 Å². The molecule has 0 unspecified atom stereocenters. The first-order valence-electron chi connectivity index (χ1n) is 5.62. The molecule has 0 fully saturated rings. The fraction of sp³-hybridized carbons (Fsp3) is 0.462. The number of aliphatic hydroxyl groups is 1. The van der Waals surface area contributed by atoms with E-state index in [1.807, 2.05) is 0 Å². The van der Waals surface area contributed by atoms with Gasteiger partial charge in [-0.05, 0) is 31.5 Å². The zero-order valence-electron chi connectivity index (χ0n) is 11.0. The molecular weight excluding hydrogens is 258 g/mol. The fourth-order valence-corrected chi connectivity index (χ4v) is 1.43. The molecule has 106 valence electrons. The number of hydrogen-bond donors (Lipinski definition) is 1. The topological polar surface area (TPSA) is 55.8 Å². The Labute approximate surface area is 109 Å². The van der Waals surface area contributed by atoms with E-state index in [9.17, 15) is 13.6 Å². The van der Waals surface area contributed by atoms with Crippen molar-refractivity contribution in [3.8, 4) is 5.75 Å². The van der Waals surface area contributed by atoms with Crippen LogP contribution in [0.15, 0.2) is 12.1 Å². The average molecular weight is 274 g/mol. The summed E-state index contributed by atoms with van der Waals surface area (Å²) in [5.74, 6) is -2.97. The third-order valence-corrected chi connectivity index (χ3v) is 2.56. The summed E-state index contributed by atoms with van der Waals surface area (Å²) < 4.78 is 36.7. The summed E-state index contributed by atoms with van der Waals surface area (Å²) in [6, 6.07) is 1.95. The first-order valence-corrected chi connectivity index (χ1v) is 5.62. The summed E-state index contributed by atoms with van der Waals surface area (Å²) in [6.07, 6.45) is 0. The van der Waals surface area contributed by atoms with Crippen LogP contribution >= 0.6 is 0 Å². The van der Waals surface area contributed by atoms with Crippen LogP contribution in [0.1, 0.15) is 19.4 Å². The molecule has 0 aliphatic heterocycles. The van der Waals surface area contributed by atoms with Crippen LogP contribution in [0.5, 0.6) is 5.75 Å². The molecule has 0 saturated carbocycles. The van der Waals surface area contributed by atoms with Gasteiger partial charge < -0.3 is 14.6 Å². The minimum absolute atomic E-state index is 0.106. The maximum atomic E-state index is 13.6. The van der Waals surface area contributed by atoms with Gasteiger partial charge >= 0.3 is 5.97 Å². The minimum Gasteiger partial charge on any atom is -0.486 e. The average Bonchev–Trinajstić information content (AvgIpc) is 2.36. The highest BCUT2D eigenvalue weighted by atomic mass is 19.1. The van der Waals surface area contributed by atoms with E-state index in [1.165, 1.54) is 21.0 Å². The van der Waals surface area contributed by atoms with E-state index in [0.29, 0.717) is 0 Å². The number of rotatable bonds is 5. The van der Waals surface area contributed by atoms with E-state index in [4.69, 9.17) is 9.84 Å². The Balaban J connectivity index is 2.87. The molecule has 1 rings (SSSR count). The number of hydrogen-bond acceptors (Lipinski definition) is 4. The van der Waals surface area contributed by atoms with Crippen molar-refractivity contribution in [2.45, 2.75) is 20.5 Å². The number of benzene rings is 1. The molecule has 6 heteroatoms. The molecular formula is C13H16F2O4. The molecule has 0 bridgehead atoms. The predicted octanol–water partition coefficient (Wildman–Crippen LogP) is 2.04. The molecule has 0 aliphatic carbocycles. The van der Waals surface area contributed by atoms with Crippen LogP contribution in [-0.2, 0) is 16.1 Å². The normalized spacial score (nSPS) is 11.3. The SMILES string of the molecule is COC(=O)C(C)(C)COc1c(F)cc(CO)cc1F. The number of halogens is 2. The summed E-state index contributed by atoms with van der Waals surface area (Å²) >= 11 is 0. The van der Waals surface area contributed by atoms with E-state index in [2.05, 4.69) is 4.74 Å². The number of aliphatic hydroxyl groups excluding tert-OH is 1. The molecule has 19 heavy (non-hydrogen) atoms. The van der Waals surface area contributed by atoms with Gasteiger partial charge in [-0.15, -0.1) is 0 Å². The second-order valence-electron chi connectivity index (χ2n) is 4.71. The minimum atomic E-state index is -1.02. The van der Waals surface area contributed by atoms with Gasteiger partial charge in [0, 0.05) is 0 Å². The first kappa shape index (κ1) is 15.4. The number of methoxy groups -OCH3 is 1. The zero-order chi connectivity index (χ0) is 14.6. The lowest BCUT2D eigenvalue weighted by atomic mass is 9.95. The van der Waals surface area contributed by atoms with Gasteiger partial charge in [0.15, 0.2) is 17.4 Å². The smallest absolute Gasteiger partial charge is 0.314 e. The highest BCUT2D eigenvalue weighted by Gasteiger charge is 2.30. The van der Waals surface area contributed by atoms with Gasteiger partial charge in [-0.2, -0.15) is 0 Å². The van der Waals surface area contributed by atoms with Crippen LogP contribution in [0.4, 0.5) is 8.78 Å². The van der Waals surface area contributed by atoms with Gasteiger partial charge in [-0.3, -0.25) is 4.79 Å². The second-order valence-corrected chi connectivity index (χ2v) is 4.71. The van der Waals surface area contributed by atoms with Crippen molar-refractivity contribution in [1.29, 1.82) is 0 Å². The number of ether oxygens (including phenoxy) is 2. The van der Waals surface area contributed by atoms with Crippen LogP contribution in [-0.4, -0.2) is 24.8 Å². The maximum Gasteiger partial charge on any atom is 0.314 e. The highest BCUT2D eigenvalue weighted by Crippen LogP contribution is 2.26. The van der Waals surface area contributed by atoms with Crippen molar-refractivity contribution in [2.75, 3.05) is 13.7 Å². The van der Waals surface area contributed by atoms with Crippen molar-refractivity contribution in [2.24, 2.45) is 5.41 Å². The van der Waals surface area contributed by atoms with E-state index in [-0.39, 0.29) is 12.2 Å². The van der Waals surface area contributed by atoms with E-state index in [0.717, 1.165) is 12.1 Å². The molecule has 1 aromatic rings. The van der Waals surface area contributed by atoms with Crippen molar-refractivity contribution in [3.05, 3.63) is 29.3 Å². The van der Waals surface area contributed by atoms with Crippen LogP contribution in [0.3, 0.4) is 0 Å². The van der Waals surface area contributed by atoms with Crippen molar-refractivity contribution < 1.29 is 28.2 Å². The molecule has 0 spiro atoms. The van der Waals surface area contributed by atoms with E-state index in [1.54, 1.807) is 0 Å². The number of carbonyl (C=O) groups excluding carboxylic acids is 1. The molecule has 1 N–H and O–H groups in total. The second kappa shape index (κ2) is 5.97. The van der Waals surface area contributed by atoms with E-state index < -0.39 is 35.4 Å². The summed E-state index contributed by atoms with van der Waals surface area (Å²) in [4.78, 5) is 11.4. The van der Waals surface area contributed by atoms with Crippen LogP contribution < -0.4 is 4.74 Å². The van der Waals surface area contributed by atoms with Gasteiger partial charge in [0.2, 0.25) is 0 Å². The molecule has 0 atom stereocenters. The molecule has 0 amide bonds. The van der Waals surface area contributed by atoms with Crippen molar-refractivity contribution >= 4 is 5.97 Å². The molecule has 4 nitrogen and oxygen atoms in total. The molecule has 0 saturated heterocycles. The maximum absolute atomic E-state index is 13.6. The monoisotopic (exact) mass is 274 g/mol. The van der Waals surface area contributed by atoms with Crippen LogP contribution in [0.2, 0.25) is 0 Å². The third-order valence-electron chi connectivity index (χ3n) is 2.56. The number of carbonyl (C=O) groups is 1.